The number of amides is 1. The van der Waals surface area contributed by atoms with Crippen LogP contribution in [0, 0.1) is 0 Å². The fourth-order valence-corrected chi connectivity index (χ4v) is 4.76. The number of aromatic nitrogens is 6. The molecule has 0 atom stereocenters. The average molecular weight is 482 g/mol. The summed E-state index contributed by atoms with van der Waals surface area (Å²) < 4.78 is 3.68. The smallest absolute Gasteiger partial charge is 0.240 e. The van der Waals surface area contributed by atoms with Crippen molar-refractivity contribution in [3.05, 3.63) is 73.4 Å². The van der Waals surface area contributed by atoms with E-state index in [4.69, 9.17) is 0 Å². The van der Waals surface area contributed by atoms with Gasteiger partial charge in [0.25, 0.3) is 0 Å². The highest BCUT2D eigenvalue weighted by Gasteiger charge is 2.21. The van der Waals surface area contributed by atoms with Gasteiger partial charge in [0.15, 0.2) is 5.65 Å². The second-order valence-electron chi connectivity index (χ2n) is 8.82. The van der Waals surface area contributed by atoms with Crippen molar-refractivity contribution in [3.8, 4) is 0 Å². The van der Waals surface area contributed by atoms with Crippen LogP contribution in [0.1, 0.15) is 0 Å². The van der Waals surface area contributed by atoms with Crippen LogP contribution >= 0.6 is 0 Å². The van der Waals surface area contributed by atoms with Crippen molar-refractivity contribution in [2.75, 3.05) is 42.5 Å². The van der Waals surface area contributed by atoms with Gasteiger partial charge in [-0.2, -0.15) is 5.10 Å². The topological polar surface area (TPSA) is 97.0 Å². The van der Waals surface area contributed by atoms with Crippen molar-refractivity contribution < 1.29 is 4.79 Å². The van der Waals surface area contributed by atoms with Crippen LogP contribution in [0.5, 0.6) is 0 Å². The molecule has 10 heteroatoms. The standard InChI is InChI=1S/C26H27N9O/c36-24(17-34-19-30-22-8-4-5-9-23(22)34)27-10-11-35-26-21(16-31-35)25(28-18-29-26)33-14-12-32(13-15-33)20-6-2-1-3-7-20/h1-9,16,18-19H,10-15,17H2,(H,27,36). The Hall–Kier alpha value is -4.47. The number of hydrogen-bond acceptors (Lipinski definition) is 7. The number of nitrogens with zero attached hydrogens (tertiary/aromatic N) is 8. The third kappa shape index (κ3) is 4.33. The third-order valence-corrected chi connectivity index (χ3v) is 6.60. The van der Waals surface area contributed by atoms with Crippen molar-refractivity contribution in [1.82, 2.24) is 34.6 Å². The number of rotatable bonds is 7. The lowest BCUT2D eigenvalue weighted by Crippen LogP contribution is -2.46. The molecule has 5 aromatic rings. The quantitative estimate of drug-likeness (QED) is 0.381. The van der Waals surface area contributed by atoms with E-state index < -0.39 is 0 Å². The molecule has 1 aliphatic rings. The molecule has 3 aromatic heterocycles. The summed E-state index contributed by atoms with van der Waals surface area (Å²) in [7, 11) is 0. The number of carbonyl (C=O) groups excluding carboxylic acids is 1. The highest BCUT2D eigenvalue weighted by atomic mass is 16.1. The van der Waals surface area contributed by atoms with E-state index in [0.717, 1.165) is 54.1 Å². The van der Waals surface area contributed by atoms with Crippen LogP contribution < -0.4 is 15.1 Å². The van der Waals surface area contributed by atoms with Gasteiger partial charge in [0.2, 0.25) is 5.91 Å². The summed E-state index contributed by atoms with van der Waals surface area (Å²) >= 11 is 0. The number of para-hydroxylation sites is 3. The van der Waals surface area contributed by atoms with Gasteiger partial charge in [-0.25, -0.2) is 19.6 Å². The number of benzene rings is 2. The summed E-state index contributed by atoms with van der Waals surface area (Å²) in [6.07, 6.45) is 5.12. The molecule has 4 heterocycles. The van der Waals surface area contributed by atoms with Gasteiger partial charge in [-0.3, -0.25) is 4.79 Å². The number of nitrogens with one attached hydrogen (secondary N) is 1. The molecule has 6 rings (SSSR count). The molecule has 1 saturated heterocycles. The zero-order chi connectivity index (χ0) is 24.3. The second kappa shape index (κ2) is 9.65. The first-order valence-electron chi connectivity index (χ1n) is 12.1. The second-order valence-corrected chi connectivity index (χ2v) is 8.82. The first kappa shape index (κ1) is 22.0. The number of piperazine rings is 1. The van der Waals surface area contributed by atoms with Crippen LogP contribution in [0.25, 0.3) is 22.1 Å². The van der Waals surface area contributed by atoms with Gasteiger partial charge in [-0.15, -0.1) is 0 Å². The van der Waals surface area contributed by atoms with Crippen LogP contribution in [0.3, 0.4) is 0 Å². The number of anilines is 2. The Bertz CT molecular complexity index is 1490. The first-order valence-corrected chi connectivity index (χ1v) is 12.1. The maximum atomic E-state index is 12.5. The molecule has 1 aliphatic heterocycles. The minimum atomic E-state index is -0.0683. The lowest BCUT2D eigenvalue weighted by Gasteiger charge is -2.36. The summed E-state index contributed by atoms with van der Waals surface area (Å²) in [6, 6.07) is 18.3. The molecule has 0 aliphatic carbocycles. The van der Waals surface area contributed by atoms with Crippen molar-refractivity contribution in [3.63, 3.8) is 0 Å². The molecule has 1 fully saturated rings. The van der Waals surface area contributed by atoms with Crippen LogP contribution in [-0.4, -0.2) is 67.9 Å². The minimum absolute atomic E-state index is 0.0683. The van der Waals surface area contributed by atoms with Gasteiger partial charge >= 0.3 is 0 Å². The van der Waals surface area contributed by atoms with E-state index in [9.17, 15) is 4.79 Å². The molecule has 0 spiro atoms. The van der Waals surface area contributed by atoms with Crippen molar-refractivity contribution >= 4 is 39.5 Å². The monoisotopic (exact) mass is 481 g/mol. The summed E-state index contributed by atoms with van der Waals surface area (Å²) in [5.74, 6) is 0.844. The van der Waals surface area contributed by atoms with Crippen molar-refractivity contribution in [2.24, 2.45) is 0 Å². The normalized spacial score (nSPS) is 14.0. The molecule has 36 heavy (non-hydrogen) atoms. The van der Waals surface area contributed by atoms with Gasteiger partial charge in [0.1, 0.15) is 18.7 Å². The van der Waals surface area contributed by atoms with Gasteiger partial charge < -0.3 is 19.7 Å². The van der Waals surface area contributed by atoms with Crippen LogP contribution in [0.15, 0.2) is 73.4 Å². The van der Waals surface area contributed by atoms with E-state index in [0.29, 0.717) is 13.1 Å². The molecular weight excluding hydrogens is 454 g/mol. The Morgan fingerprint density at radius 3 is 2.53 bits per heavy atom. The molecule has 2 aromatic carbocycles. The van der Waals surface area contributed by atoms with Crippen LogP contribution in [-0.2, 0) is 17.9 Å². The maximum absolute atomic E-state index is 12.5. The Balaban J connectivity index is 1.07. The Morgan fingerprint density at radius 1 is 0.889 bits per heavy atom. The number of carbonyl (C=O) groups is 1. The Kier molecular flexibility index (Phi) is 5.90. The van der Waals surface area contributed by atoms with Gasteiger partial charge in [-0.1, -0.05) is 30.3 Å². The van der Waals surface area contributed by atoms with E-state index >= 15 is 0 Å². The van der Waals surface area contributed by atoms with E-state index in [1.807, 2.05) is 45.8 Å². The number of hydrogen-bond donors (Lipinski definition) is 1. The summed E-state index contributed by atoms with van der Waals surface area (Å²) in [4.78, 5) is 30.6. The highest BCUT2D eigenvalue weighted by molar-refractivity contribution is 5.87. The molecule has 10 nitrogen and oxygen atoms in total. The van der Waals surface area contributed by atoms with Crippen LogP contribution in [0.4, 0.5) is 11.5 Å². The predicted molar refractivity (Wildman–Crippen MR) is 139 cm³/mol. The van der Waals surface area contributed by atoms with Gasteiger partial charge in [0, 0.05) is 38.4 Å². The molecular formula is C26H27N9O. The first-order chi connectivity index (χ1) is 17.8. The molecule has 1 N–H and O–H groups in total. The fourth-order valence-electron chi connectivity index (χ4n) is 4.76. The summed E-state index contributed by atoms with van der Waals surface area (Å²) in [5.41, 5.74) is 3.85. The van der Waals surface area contributed by atoms with E-state index in [1.54, 1.807) is 12.7 Å². The van der Waals surface area contributed by atoms with E-state index in [1.165, 1.54) is 5.69 Å². The molecule has 0 saturated carbocycles. The minimum Gasteiger partial charge on any atom is -0.368 e. The zero-order valence-electron chi connectivity index (χ0n) is 19.9. The Labute approximate surface area is 208 Å². The molecule has 0 radical (unpaired) electrons. The molecule has 0 unspecified atom stereocenters. The van der Waals surface area contributed by atoms with Crippen molar-refractivity contribution in [1.29, 1.82) is 0 Å². The number of fused-ring (bicyclic) bond motifs is 2. The molecule has 0 bridgehead atoms. The molecule has 1 amide bonds. The number of imidazole rings is 1. The largest absolute Gasteiger partial charge is 0.368 e. The predicted octanol–water partition coefficient (Wildman–Crippen LogP) is 2.32. The zero-order valence-corrected chi connectivity index (χ0v) is 19.9. The van der Waals surface area contributed by atoms with E-state index in [-0.39, 0.29) is 12.5 Å². The highest BCUT2D eigenvalue weighted by Crippen LogP contribution is 2.25. The van der Waals surface area contributed by atoms with Gasteiger partial charge in [0.05, 0.1) is 35.5 Å². The fraction of sp³-hybridized carbons (Fsp3) is 0.269. The van der Waals surface area contributed by atoms with Crippen molar-refractivity contribution in [2.45, 2.75) is 13.1 Å². The maximum Gasteiger partial charge on any atom is 0.240 e. The average Bonchev–Trinajstić information content (AvgIpc) is 3.54. The van der Waals surface area contributed by atoms with Gasteiger partial charge in [-0.05, 0) is 24.3 Å². The van der Waals surface area contributed by atoms with E-state index in [2.05, 4.69) is 59.4 Å². The lowest BCUT2D eigenvalue weighted by atomic mass is 10.2. The summed E-state index contributed by atoms with van der Waals surface area (Å²) in [6.45, 7) is 4.83. The SMILES string of the molecule is O=C(Cn1cnc2ccccc21)NCCn1ncc2c(N3CCN(c4ccccc4)CC3)ncnc21. The lowest BCUT2D eigenvalue weighted by molar-refractivity contribution is -0.121. The summed E-state index contributed by atoms with van der Waals surface area (Å²) in [5, 5.41) is 8.45. The Morgan fingerprint density at radius 2 is 1.67 bits per heavy atom. The molecule has 182 valence electrons. The third-order valence-electron chi connectivity index (χ3n) is 6.60. The van der Waals surface area contributed by atoms with Crippen LogP contribution in [0.2, 0.25) is 0 Å².